The molecule has 1 aromatic carbocycles. The molecule has 2 rings (SSSR count). The average molecular weight is 311 g/mol. The third kappa shape index (κ3) is 4.20. The van der Waals surface area contributed by atoms with Gasteiger partial charge in [-0.1, -0.05) is 13.3 Å². The van der Waals surface area contributed by atoms with Crippen molar-refractivity contribution >= 4 is 9.84 Å². The maximum Gasteiger partial charge on any atom is 0.175 e. The Hall–Kier alpha value is -1.07. The highest BCUT2D eigenvalue weighted by Crippen LogP contribution is 2.33. The van der Waals surface area contributed by atoms with Crippen LogP contribution in [-0.4, -0.2) is 27.3 Å². The van der Waals surface area contributed by atoms with Gasteiger partial charge in [0.1, 0.15) is 11.9 Å². The van der Waals surface area contributed by atoms with Crippen LogP contribution in [-0.2, 0) is 9.84 Å². The number of nitrogens with two attached hydrogens (primary N) is 1. The quantitative estimate of drug-likeness (QED) is 0.907. The summed E-state index contributed by atoms with van der Waals surface area (Å²) in [5.41, 5.74) is 5.86. The molecule has 3 atom stereocenters. The molecule has 1 aliphatic carbocycles. The van der Waals surface area contributed by atoms with Crippen LogP contribution in [0.2, 0.25) is 0 Å². The van der Waals surface area contributed by atoms with Gasteiger partial charge in [-0.05, 0) is 56.0 Å². The van der Waals surface area contributed by atoms with Crippen LogP contribution in [0, 0.1) is 11.8 Å². The van der Waals surface area contributed by atoms with E-state index in [1.54, 1.807) is 24.3 Å². The topological polar surface area (TPSA) is 69.4 Å². The molecule has 4 nitrogen and oxygen atoms in total. The molecule has 0 heterocycles. The minimum Gasteiger partial charge on any atom is -0.490 e. The summed E-state index contributed by atoms with van der Waals surface area (Å²) in [4.78, 5) is 0.320. The van der Waals surface area contributed by atoms with Crippen molar-refractivity contribution in [2.45, 2.75) is 43.6 Å². The Kier molecular flexibility index (Phi) is 5.27. The standard InChI is InChI=1S/C16H25NO3S/c1-3-12-4-5-13(11-17)16(10-12)20-14-6-8-15(9-7-14)21(2,18)19/h6-9,12-13,16H,3-5,10-11,17H2,1-2H3. The molecule has 1 aliphatic rings. The molecule has 5 heteroatoms. The van der Waals surface area contributed by atoms with Crippen LogP contribution in [0.25, 0.3) is 0 Å². The summed E-state index contributed by atoms with van der Waals surface area (Å²) in [6, 6.07) is 6.67. The van der Waals surface area contributed by atoms with E-state index in [2.05, 4.69) is 6.92 Å². The van der Waals surface area contributed by atoms with E-state index < -0.39 is 9.84 Å². The van der Waals surface area contributed by atoms with Crippen molar-refractivity contribution in [1.82, 2.24) is 0 Å². The molecule has 21 heavy (non-hydrogen) atoms. The lowest BCUT2D eigenvalue weighted by Crippen LogP contribution is -2.38. The fraction of sp³-hybridized carbons (Fsp3) is 0.625. The molecular weight excluding hydrogens is 286 g/mol. The van der Waals surface area contributed by atoms with E-state index in [1.807, 2.05) is 0 Å². The Morgan fingerprint density at radius 1 is 1.24 bits per heavy atom. The van der Waals surface area contributed by atoms with Crippen molar-refractivity contribution in [3.8, 4) is 5.75 Å². The van der Waals surface area contributed by atoms with E-state index in [1.165, 1.54) is 19.1 Å². The van der Waals surface area contributed by atoms with Gasteiger partial charge >= 0.3 is 0 Å². The summed E-state index contributed by atoms with van der Waals surface area (Å²) < 4.78 is 29.0. The van der Waals surface area contributed by atoms with Crippen molar-refractivity contribution in [2.24, 2.45) is 17.6 Å². The molecule has 0 bridgehead atoms. The summed E-state index contributed by atoms with van der Waals surface area (Å²) in [5.74, 6) is 1.82. The van der Waals surface area contributed by atoms with Gasteiger partial charge in [0.05, 0.1) is 4.90 Å². The second-order valence-electron chi connectivity index (χ2n) is 5.98. The lowest BCUT2D eigenvalue weighted by molar-refractivity contribution is 0.0684. The van der Waals surface area contributed by atoms with E-state index in [4.69, 9.17) is 10.5 Å². The van der Waals surface area contributed by atoms with Gasteiger partial charge in [-0.3, -0.25) is 0 Å². The average Bonchev–Trinajstić information content (AvgIpc) is 2.46. The molecule has 118 valence electrons. The Morgan fingerprint density at radius 2 is 1.90 bits per heavy atom. The first-order valence-corrected chi connectivity index (χ1v) is 9.50. The molecule has 0 amide bonds. The highest BCUT2D eigenvalue weighted by atomic mass is 32.2. The van der Waals surface area contributed by atoms with Gasteiger partial charge in [-0.2, -0.15) is 0 Å². The SMILES string of the molecule is CCC1CCC(CN)C(Oc2ccc(S(C)(=O)=O)cc2)C1. The number of hydrogen-bond acceptors (Lipinski definition) is 4. The third-order valence-electron chi connectivity index (χ3n) is 4.46. The summed E-state index contributed by atoms with van der Waals surface area (Å²) in [6.45, 7) is 2.86. The minimum atomic E-state index is -3.16. The zero-order valence-corrected chi connectivity index (χ0v) is 13.6. The Bertz CT molecular complexity index is 553. The number of benzene rings is 1. The largest absolute Gasteiger partial charge is 0.490 e. The Morgan fingerprint density at radius 3 is 2.43 bits per heavy atom. The van der Waals surface area contributed by atoms with Gasteiger partial charge in [0, 0.05) is 12.2 Å². The zero-order valence-electron chi connectivity index (χ0n) is 12.8. The van der Waals surface area contributed by atoms with Crippen molar-refractivity contribution < 1.29 is 13.2 Å². The second-order valence-corrected chi connectivity index (χ2v) is 8.00. The first-order valence-electron chi connectivity index (χ1n) is 7.61. The fourth-order valence-corrected chi connectivity index (χ4v) is 3.63. The van der Waals surface area contributed by atoms with E-state index in [9.17, 15) is 8.42 Å². The molecule has 0 aromatic heterocycles. The van der Waals surface area contributed by atoms with E-state index in [-0.39, 0.29) is 6.10 Å². The molecule has 0 spiro atoms. The van der Waals surface area contributed by atoms with Crippen LogP contribution in [0.3, 0.4) is 0 Å². The van der Waals surface area contributed by atoms with Crippen LogP contribution in [0.5, 0.6) is 5.75 Å². The van der Waals surface area contributed by atoms with Crippen LogP contribution in [0.15, 0.2) is 29.2 Å². The summed E-state index contributed by atoms with van der Waals surface area (Å²) in [5, 5.41) is 0. The van der Waals surface area contributed by atoms with Crippen LogP contribution >= 0.6 is 0 Å². The van der Waals surface area contributed by atoms with Crippen molar-refractivity contribution in [2.75, 3.05) is 12.8 Å². The Labute approximate surface area is 127 Å². The maximum atomic E-state index is 11.5. The molecule has 3 unspecified atom stereocenters. The van der Waals surface area contributed by atoms with Crippen LogP contribution in [0.4, 0.5) is 0 Å². The second kappa shape index (κ2) is 6.79. The first-order chi connectivity index (χ1) is 9.94. The van der Waals surface area contributed by atoms with Crippen molar-refractivity contribution in [3.05, 3.63) is 24.3 Å². The Balaban J connectivity index is 2.08. The van der Waals surface area contributed by atoms with Gasteiger partial charge < -0.3 is 10.5 Å². The van der Waals surface area contributed by atoms with E-state index in [0.29, 0.717) is 23.3 Å². The summed E-state index contributed by atoms with van der Waals surface area (Å²) in [7, 11) is -3.16. The predicted molar refractivity (Wildman–Crippen MR) is 84.1 cm³/mol. The predicted octanol–water partition coefficient (Wildman–Crippen LogP) is 2.62. The van der Waals surface area contributed by atoms with Gasteiger partial charge in [0.15, 0.2) is 9.84 Å². The van der Waals surface area contributed by atoms with Crippen molar-refractivity contribution in [1.29, 1.82) is 0 Å². The molecule has 0 aliphatic heterocycles. The molecule has 0 radical (unpaired) electrons. The molecular formula is C16H25NO3S. The van der Waals surface area contributed by atoms with Crippen LogP contribution in [0.1, 0.15) is 32.6 Å². The maximum absolute atomic E-state index is 11.5. The van der Waals surface area contributed by atoms with Crippen molar-refractivity contribution in [3.63, 3.8) is 0 Å². The zero-order chi connectivity index (χ0) is 15.5. The number of ether oxygens (including phenoxy) is 1. The molecule has 0 saturated heterocycles. The molecule has 1 aromatic rings. The van der Waals surface area contributed by atoms with Gasteiger partial charge in [0.25, 0.3) is 0 Å². The summed E-state index contributed by atoms with van der Waals surface area (Å²) >= 11 is 0. The summed E-state index contributed by atoms with van der Waals surface area (Å²) in [6.07, 6.45) is 5.89. The van der Waals surface area contributed by atoms with Gasteiger partial charge in [0.2, 0.25) is 0 Å². The molecule has 1 saturated carbocycles. The van der Waals surface area contributed by atoms with E-state index >= 15 is 0 Å². The first kappa shape index (κ1) is 16.3. The smallest absolute Gasteiger partial charge is 0.175 e. The molecule has 1 fully saturated rings. The van der Waals surface area contributed by atoms with E-state index in [0.717, 1.165) is 18.6 Å². The highest BCUT2D eigenvalue weighted by molar-refractivity contribution is 7.90. The lowest BCUT2D eigenvalue weighted by atomic mass is 9.78. The highest BCUT2D eigenvalue weighted by Gasteiger charge is 2.30. The number of rotatable bonds is 5. The lowest BCUT2D eigenvalue weighted by Gasteiger charge is -2.35. The minimum absolute atomic E-state index is 0.137. The van der Waals surface area contributed by atoms with Gasteiger partial charge in [-0.25, -0.2) is 8.42 Å². The monoisotopic (exact) mass is 311 g/mol. The van der Waals surface area contributed by atoms with Gasteiger partial charge in [-0.15, -0.1) is 0 Å². The fourth-order valence-electron chi connectivity index (χ4n) is 3.00. The third-order valence-corrected chi connectivity index (χ3v) is 5.59. The number of sulfone groups is 1. The number of hydrogen-bond donors (Lipinski definition) is 1. The molecule has 2 N–H and O–H groups in total. The normalized spacial score (nSPS) is 26.5. The van der Waals surface area contributed by atoms with Crippen LogP contribution < -0.4 is 10.5 Å².